The molecule has 0 saturated heterocycles. The molecule has 1 aromatic carbocycles. The lowest BCUT2D eigenvalue weighted by atomic mass is 9.73. The van der Waals surface area contributed by atoms with Crippen molar-refractivity contribution in [3.63, 3.8) is 0 Å². The summed E-state index contributed by atoms with van der Waals surface area (Å²) in [6.07, 6.45) is 4.08. The number of benzene rings is 1. The van der Waals surface area contributed by atoms with Crippen molar-refractivity contribution in [1.82, 2.24) is 5.16 Å². The fourth-order valence-corrected chi connectivity index (χ4v) is 3.28. The Bertz CT molecular complexity index is 588. The van der Waals surface area contributed by atoms with Gasteiger partial charge in [-0.3, -0.25) is 0 Å². The van der Waals surface area contributed by atoms with E-state index in [-0.39, 0.29) is 0 Å². The van der Waals surface area contributed by atoms with E-state index in [4.69, 9.17) is 4.52 Å². The van der Waals surface area contributed by atoms with E-state index in [9.17, 15) is 0 Å². The number of nitrogens with one attached hydrogen (secondary N) is 1. The maximum absolute atomic E-state index is 5.17. The van der Waals surface area contributed by atoms with Gasteiger partial charge in [0.05, 0.1) is 5.69 Å². The highest BCUT2D eigenvalue weighted by atomic mass is 16.5. The van der Waals surface area contributed by atoms with Crippen LogP contribution in [0.25, 0.3) is 0 Å². The molecule has 0 spiro atoms. The van der Waals surface area contributed by atoms with Crippen LogP contribution < -0.4 is 5.32 Å². The molecule has 1 aliphatic rings. The molecule has 19 heavy (non-hydrogen) atoms. The van der Waals surface area contributed by atoms with Gasteiger partial charge in [0, 0.05) is 13.0 Å². The number of anilines is 1. The first-order valence-corrected chi connectivity index (χ1v) is 6.92. The molecular formula is C16H20N2O. The van der Waals surface area contributed by atoms with Gasteiger partial charge in [0.15, 0.2) is 0 Å². The number of hydrogen-bond donors (Lipinski definition) is 1. The van der Waals surface area contributed by atoms with Gasteiger partial charge in [-0.1, -0.05) is 30.3 Å². The SMILES string of the molecule is CNc1conc1C1c2cccc(C)c2CCC1C. The summed E-state index contributed by atoms with van der Waals surface area (Å²) in [5.41, 5.74) is 6.36. The predicted molar refractivity (Wildman–Crippen MR) is 76.6 cm³/mol. The van der Waals surface area contributed by atoms with E-state index in [1.807, 2.05) is 7.05 Å². The van der Waals surface area contributed by atoms with Gasteiger partial charge >= 0.3 is 0 Å². The second-order valence-electron chi connectivity index (χ2n) is 5.50. The minimum absolute atomic E-state index is 0.338. The molecule has 3 nitrogen and oxygen atoms in total. The topological polar surface area (TPSA) is 38.1 Å². The van der Waals surface area contributed by atoms with Crippen LogP contribution in [-0.2, 0) is 6.42 Å². The van der Waals surface area contributed by atoms with E-state index >= 15 is 0 Å². The van der Waals surface area contributed by atoms with E-state index in [0.717, 1.165) is 11.4 Å². The molecule has 3 heteroatoms. The van der Waals surface area contributed by atoms with Gasteiger partial charge in [-0.05, 0) is 42.4 Å². The fraction of sp³-hybridized carbons (Fsp3) is 0.438. The minimum Gasteiger partial charge on any atom is -0.384 e. The zero-order chi connectivity index (χ0) is 13.4. The molecule has 0 saturated carbocycles. The molecule has 2 aromatic rings. The fourth-order valence-electron chi connectivity index (χ4n) is 3.28. The van der Waals surface area contributed by atoms with Crippen molar-refractivity contribution < 1.29 is 4.52 Å². The van der Waals surface area contributed by atoms with Crippen molar-refractivity contribution in [2.75, 3.05) is 12.4 Å². The number of nitrogens with zero attached hydrogens (tertiary/aromatic N) is 1. The van der Waals surface area contributed by atoms with Crippen molar-refractivity contribution in [1.29, 1.82) is 0 Å². The minimum atomic E-state index is 0.338. The van der Waals surface area contributed by atoms with Gasteiger partial charge < -0.3 is 9.84 Å². The second-order valence-corrected chi connectivity index (χ2v) is 5.50. The molecule has 0 fully saturated rings. The van der Waals surface area contributed by atoms with Crippen molar-refractivity contribution in [3.8, 4) is 0 Å². The first kappa shape index (κ1) is 12.3. The van der Waals surface area contributed by atoms with Crippen LogP contribution in [0, 0.1) is 12.8 Å². The van der Waals surface area contributed by atoms with Crippen molar-refractivity contribution in [3.05, 3.63) is 46.8 Å². The van der Waals surface area contributed by atoms with Crippen molar-refractivity contribution in [2.45, 2.75) is 32.6 Å². The average Bonchev–Trinajstić information content (AvgIpc) is 2.86. The Morgan fingerprint density at radius 3 is 3.00 bits per heavy atom. The Hall–Kier alpha value is -1.77. The van der Waals surface area contributed by atoms with Crippen LogP contribution in [0.15, 0.2) is 29.0 Å². The van der Waals surface area contributed by atoms with Gasteiger partial charge in [-0.15, -0.1) is 0 Å². The third kappa shape index (κ3) is 1.93. The molecule has 0 radical (unpaired) electrons. The maximum atomic E-state index is 5.17. The van der Waals surface area contributed by atoms with Gasteiger partial charge in [-0.2, -0.15) is 0 Å². The molecule has 2 unspecified atom stereocenters. The first-order chi connectivity index (χ1) is 9.22. The van der Waals surface area contributed by atoms with Gasteiger partial charge in [0.1, 0.15) is 12.0 Å². The van der Waals surface area contributed by atoms with Crippen LogP contribution >= 0.6 is 0 Å². The molecular weight excluding hydrogens is 236 g/mol. The molecule has 3 rings (SSSR count). The summed E-state index contributed by atoms with van der Waals surface area (Å²) < 4.78 is 5.17. The Kier molecular flexibility index (Phi) is 3.05. The van der Waals surface area contributed by atoms with Crippen LogP contribution in [0.2, 0.25) is 0 Å². The van der Waals surface area contributed by atoms with E-state index in [2.05, 4.69) is 42.5 Å². The largest absolute Gasteiger partial charge is 0.384 e. The molecule has 1 N–H and O–H groups in total. The van der Waals surface area contributed by atoms with Crippen LogP contribution in [0.3, 0.4) is 0 Å². The summed E-state index contributed by atoms with van der Waals surface area (Å²) in [5.74, 6) is 0.927. The number of aryl methyl sites for hydroxylation is 1. The number of rotatable bonds is 2. The molecule has 1 aromatic heterocycles. The first-order valence-electron chi connectivity index (χ1n) is 6.92. The van der Waals surface area contributed by atoms with Crippen LogP contribution in [0.1, 0.15) is 41.6 Å². The molecule has 100 valence electrons. The second kappa shape index (κ2) is 4.72. The quantitative estimate of drug-likeness (QED) is 0.889. The van der Waals surface area contributed by atoms with Gasteiger partial charge in [0.25, 0.3) is 0 Å². The Morgan fingerprint density at radius 2 is 2.21 bits per heavy atom. The summed E-state index contributed by atoms with van der Waals surface area (Å²) in [7, 11) is 1.92. The Morgan fingerprint density at radius 1 is 1.37 bits per heavy atom. The normalized spacial score (nSPS) is 22.1. The standard InChI is InChI=1S/C16H20N2O/c1-10-5-4-6-13-12(10)8-7-11(2)15(13)16-14(17-3)9-19-18-16/h4-6,9,11,15,17H,7-8H2,1-3H3. The lowest BCUT2D eigenvalue weighted by Crippen LogP contribution is -2.21. The lowest BCUT2D eigenvalue weighted by molar-refractivity contribution is 0.381. The van der Waals surface area contributed by atoms with E-state index in [1.165, 1.54) is 29.5 Å². The van der Waals surface area contributed by atoms with Gasteiger partial charge in [-0.25, -0.2) is 0 Å². The van der Waals surface area contributed by atoms with Crippen LogP contribution in [0.4, 0.5) is 5.69 Å². The zero-order valence-corrected chi connectivity index (χ0v) is 11.7. The third-order valence-electron chi connectivity index (χ3n) is 4.36. The summed E-state index contributed by atoms with van der Waals surface area (Å²) in [6, 6.07) is 6.60. The molecule has 2 atom stereocenters. The molecule has 0 bridgehead atoms. The molecule has 0 amide bonds. The van der Waals surface area contributed by atoms with Crippen LogP contribution in [0.5, 0.6) is 0 Å². The summed E-state index contributed by atoms with van der Waals surface area (Å²) >= 11 is 0. The highest BCUT2D eigenvalue weighted by Gasteiger charge is 2.32. The van der Waals surface area contributed by atoms with Crippen LogP contribution in [-0.4, -0.2) is 12.2 Å². The Balaban J connectivity index is 2.14. The number of aromatic nitrogens is 1. The maximum Gasteiger partial charge on any atom is 0.147 e. The monoisotopic (exact) mass is 256 g/mol. The summed E-state index contributed by atoms with van der Waals surface area (Å²) in [4.78, 5) is 0. The molecule has 0 aliphatic heterocycles. The lowest BCUT2D eigenvalue weighted by Gasteiger charge is -2.31. The van der Waals surface area contributed by atoms with Crippen molar-refractivity contribution in [2.24, 2.45) is 5.92 Å². The average molecular weight is 256 g/mol. The number of fused-ring (bicyclic) bond motifs is 1. The zero-order valence-electron chi connectivity index (χ0n) is 11.7. The highest BCUT2D eigenvalue weighted by molar-refractivity contribution is 5.52. The summed E-state index contributed by atoms with van der Waals surface area (Å²) in [6.45, 7) is 4.51. The molecule has 1 aliphatic carbocycles. The van der Waals surface area contributed by atoms with E-state index < -0.39 is 0 Å². The predicted octanol–water partition coefficient (Wildman–Crippen LogP) is 3.74. The Labute approximate surface area is 114 Å². The summed E-state index contributed by atoms with van der Waals surface area (Å²) in [5, 5.41) is 7.43. The van der Waals surface area contributed by atoms with E-state index in [0.29, 0.717) is 11.8 Å². The number of hydrogen-bond acceptors (Lipinski definition) is 3. The smallest absolute Gasteiger partial charge is 0.147 e. The highest BCUT2D eigenvalue weighted by Crippen LogP contribution is 2.43. The van der Waals surface area contributed by atoms with Crippen molar-refractivity contribution >= 4 is 5.69 Å². The third-order valence-corrected chi connectivity index (χ3v) is 4.36. The van der Waals surface area contributed by atoms with Gasteiger partial charge in [0.2, 0.25) is 0 Å². The van der Waals surface area contributed by atoms with E-state index in [1.54, 1.807) is 6.26 Å². The molecule has 1 heterocycles.